The van der Waals surface area contributed by atoms with E-state index in [-0.39, 0.29) is 11.3 Å². The number of aryl methyl sites for hydroxylation is 2. The molecular weight excluding hydrogens is 404 g/mol. The van der Waals surface area contributed by atoms with Gasteiger partial charge in [0.25, 0.3) is 5.56 Å². The van der Waals surface area contributed by atoms with Crippen molar-refractivity contribution in [2.24, 2.45) is 14.1 Å². The molecule has 0 amide bonds. The third-order valence-corrected chi connectivity index (χ3v) is 5.45. The van der Waals surface area contributed by atoms with Gasteiger partial charge in [-0.25, -0.2) is 9.78 Å². The summed E-state index contributed by atoms with van der Waals surface area (Å²) in [6, 6.07) is 14.0. The number of fused-ring (bicyclic) bond motifs is 1. The van der Waals surface area contributed by atoms with Crippen LogP contribution in [0, 0.1) is 6.92 Å². The average molecular weight is 423 g/mol. The topological polar surface area (TPSA) is 78.9 Å². The molecule has 0 bridgehead atoms. The molecule has 0 unspecified atom stereocenters. The number of carbonyl (C=O) groups excluding carboxylic acids is 1. The van der Waals surface area contributed by atoms with Crippen LogP contribution in [0.25, 0.3) is 11.2 Å². The van der Waals surface area contributed by atoms with Gasteiger partial charge in [0, 0.05) is 30.2 Å². The van der Waals surface area contributed by atoms with Crippen LogP contribution in [0.5, 0.6) is 0 Å². The predicted molar refractivity (Wildman–Crippen MR) is 115 cm³/mol. The van der Waals surface area contributed by atoms with Gasteiger partial charge >= 0.3 is 5.69 Å². The van der Waals surface area contributed by atoms with E-state index in [1.807, 2.05) is 16.7 Å². The smallest absolute Gasteiger partial charge is 0.310 e. The van der Waals surface area contributed by atoms with Gasteiger partial charge in [-0.3, -0.25) is 18.7 Å². The van der Waals surface area contributed by atoms with E-state index in [0.717, 1.165) is 10.1 Å². The Labute approximate surface area is 176 Å². The van der Waals surface area contributed by atoms with Crippen LogP contribution in [0.3, 0.4) is 0 Å². The lowest BCUT2D eigenvalue weighted by molar-refractivity contribution is 0.103. The zero-order valence-electron chi connectivity index (χ0n) is 16.7. The monoisotopic (exact) mass is 422 g/mol. The maximum absolute atomic E-state index is 12.6. The Morgan fingerprint density at radius 1 is 0.933 bits per heavy atom. The summed E-state index contributed by atoms with van der Waals surface area (Å²) in [7, 11) is 3.06. The highest BCUT2D eigenvalue weighted by molar-refractivity contribution is 6.30. The predicted octanol–water partition coefficient (Wildman–Crippen LogP) is 2.67. The summed E-state index contributed by atoms with van der Waals surface area (Å²) < 4.78 is 4.31. The van der Waals surface area contributed by atoms with Crippen molar-refractivity contribution in [3.8, 4) is 0 Å². The number of imidazole rings is 1. The fraction of sp³-hybridized carbons (Fsp3) is 0.182. The standard InChI is InChI=1S/C22H19ClN4O3/c1-13-24-18-20(25(2)22(30)26(3)21(18)29)27(13)12-14-4-6-15(7-5-14)19(28)16-8-10-17(23)11-9-16/h4-11H,12H2,1-3H3. The Balaban J connectivity index is 1.69. The molecule has 0 saturated carbocycles. The number of nitrogens with zero attached hydrogens (tertiary/aromatic N) is 4. The molecule has 0 atom stereocenters. The van der Waals surface area contributed by atoms with Gasteiger partial charge < -0.3 is 4.57 Å². The van der Waals surface area contributed by atoms with E-state index < -0.39 is 11.2 Å². The molecule has 152 valence electrons. The molecule has 7 nitrogen and oxygen atoms in total. The van der Waals surface area contributed by atoms with Gasteiger partial charge in [-0.2, -0.15) is 0 Å². The van der Waals surface area contributed by atoms with Gasteiger partial charge in [0.1, 0.15) is 11.5 Å². The van der Waals surface area contributed by atoms with Gasteiger partial charge in [-0.1, -0.05) is 35.9 Å². The number of halogens is 1. The van der Waals surface area contributed by atoms with Crippen molar-refractivity contribution >= 4 is 28.5 Å². The van der Waals surface area contributed by atoms with Gasteiger partial charge in [0.2, 0.25) is 0 Å². The Bertz CT molecular complexity index is 1390. The molecule has 2 heterocycles. The molecular formula is C22H19ClN4O3. The number of aromatic nitrogens is 4. The highest BCUT2D eigenvalue weighted by atomic mass is 35.5. The van der Waals surface area contributed by atoms with Crippen LogP contribution in [0.1, 0.15) is 27.3 Å². The van der Waals surface area contributed by atoms with Crippen molar-refractivity contribution in [1.82, 2.24) is 18.7 Å². The lowest BCUT2D eigenvalue weighted by Crippen LogP contribution is -2.37. The van der Waals surface area contributed by atoms with E-state index in [1.54, 1.807) is 50.4 Å². The maximum Gasteiger partial charge on any atom is 0.332 e. The number of carbonyl (C=O) groups is 1. The Hall–Kier alpha value is -3.45. The van der Waals surface area contributed by atoms with Gasteiger partial charge in [0.15, 0.2) is 11.3 Å². The summed E-state index contributed by atoms with van der Waals surface area (Å²) in [6.07, 6.45) is 0. The van der Waals surface area contributed by atoms with Gasteiger partial charge in [-0.15, -0.1) is 0 Å². The van der Waals surface area contributed by atoms with Crippen LogP contribution < -0.4 is 11.2 Å². The van der Waals surface area contributed by atoms with E-state index in [0.29, 0.717) is 34.2 Å². The van der Waals surface area contributed by atoms with Crippen molar-refractivity contribution in [3.05, 3.63) is 96.9 Å². The van der Waals surface area contributed by atoms with Gasteiger partial charge in [-0.05, 0) is 36.8 Å². The first kappa shape index (κ1) is 19.8. The van der Waals surface area contributed by atoms with Crippen molar-refractivity contribution < 1.29 is 4.79 Å². The second-order valence-electron chi connectivity index (χ2n) is 7.16. The minimum Gasteiger partial charge on any atom is -0.310 e. The number of ketones is 1. The van der Waals surface area contributed by atoms with Crippen LogP contribution in [0.15, 0.2) is 58.1 Å². The van der Waals surface area contributed by atoms with E-state index in [4.69, 9.17) is 11.6 Å². The molecule has 0 saturated heterocycles. The van der Waals surface area contributed by atoms with Crippen molar-refractivity contribution in [1.29, 1.82) is 0 Å². The van der Waals surface area contributed by atoms with Crippen LogP contribution in [-0.2, 0) is 20.6 Å². The summed E-state index contributed by atoms with van der Waals surface area (Å²) in [5.74, 6) is 0.540. The Morgan fingerprint density at radius 2 is 1.50 bits per heavy atom. The SMILES string of the molecule is Cc1nc2c(=O)n(C)c(=O)n(C)c2n1Cc1ccc(C(=O)c2ccc(Cl)cc2)cc1. The number of rotatable bonds is 4. The lowest BCUT2D eigenvalue weighted by Gasteiger charge is -2.11. The minimum absolute atomic E-state index is 0.0895. The first-order chi connectivity index (χ1) is 14.3. The highest BCUT2D eigenvalue weighted by Crippen LogP contribution is 2.17. The molecule has 0 fully saturated rings. The minimum atomic E-state index is -0.418. The summed E-state index contributed by atoms with van der Waals surface area (Å²) in [6.45, 7) is 2.21. The quantitative estimate of drug-likeness (QED) is 0.474. The molecule has 0 spiro atoms. The highest BCUT2D eigenvalue weighted by Gasteiger charge is 2.17. The Morgan fingerprint density at radius 3 is 2.10 bits per heavy atom. The molecule has 0 aliphatic rings. The van der Waals surface area contributed by atoms with Crippen molar-refractivity contribution in [2.75, 3.05) is 0 Å². The molecule has 0 radical (unpaired) electrons. The van der Waals surface area contributed by atoms with Crippen LogP contribution in [0.2, 0.25) is 5.02 Å². The van der Waals surface area contributed by atoms with E-state index in [2.05, 4.69) is 4.98 Å². The number of benzene rings is 2. The zero-order valence-corrected chi connectivity index (χ0v) is 17.5. The number of hydrogen-bond acceptors (Lipinski definition) is 4. The molecule has 4 rings (SSSR count). The van der Waals surface area contributed by atoms with Crippen LogP contribution in [-0.4, -0.2) is 24.5 Å². The van der Waals surface area contributed by atoms with Crippen LogP contribution >= 0.6 is 11.6 Å². The molecule has 0 N–H and O–H groups in total. The average Bonchev–Trinajstić information content (AvgIpc) is 3.07. The summed E-state index contributed by atoms with van der Waals surface area (Å²) in [4.78, 5) is 41.8. The summed E-state index contributed by atoms with van der Waals surface area (Å²) in [5, 5.41) is 0.578. The third-order valence-electron chi connectivity index (χ3n) is 5.19. The maximum atomic E-state index is 12.6. The molecule has 2 aromatic carbocycles. The first-order valence-corrected chi connectivity index (χ1v) is 9.68. The molecule has 2 aromatic heterocycles. The molecule has 4 aromatic rings. The second kappa shape index (κ2) is 7.42. The lowest BCUT2D eigenvalue weighted by atomic mass is 10.0. The molecule has 0 aliphatic heterocycles. The second-order valence-corrected chi connectivity index (χ2v) is 7.59. The number of hydrogen-bond donors (Lipinski definition) is 0. The first-order valence-electron chi connectivity index (χ1n) is 9.30. The summed E-state index contributed by atoms with van der Waals surface area (Å²) >= 11 is 5.88. The largest absolute Gasteiger partial charge is 0.332 e. The fourth-order valence-electron chi connectivity index (χ4n) is 3.50. The van der Waals surface area contributed by atoms with Crippen molar-refractivity contribution in [2.45, 2.75) is 13.5 Å². The van der Waals surface area contributed by atoms with E-state index in [9.17, 15) is 14.4 Å². The summed E-state index contributed by atoms with van der Waals surface area (Å²) in [5.41, 5.74) is 1.95. The third kappa shape index (κ3) is 3.27. The van der Waals surface area contributed by atoms with E-state index in [1.165, 1.54) is 11.6 Å². The van der Waals surface area contributed by atoms with Gasteiger partial charge in [0.05, 0.1) is 6.54 Å². The van der Waals surface area contributed by atoms with Crippen molar-refractivity contribution in [3.63, 3.8) is 0 Å². The Kier molecular flexibility index (Phi) is 4.91. The normalized spacial score (nSPS) is 11.2. The molecule has 30 heavy (non-hydrogen) atoms. The zero-order chi connectivity index (χ0) is 21.6. The van der Waals surface area contributed by atoms with E-state index >= 15 is 0 Å². The van der Waals surface area contributed by atoms with Crippen LogP contribution in [0.4, 0.5) is 0 Å². The molecule has 8 heteroatoms. The molecule has 0 aliphatic carbocycles. The fourth-order valence-corrected chi connectivity index (χ4v) is 3.63.